The van der Waals surface area contributed by atoms with E-state index in [0.717, 1.165) is 23.7 Å². The highest BCUT2D eigenvalue weighted by atomic mass is 15.2. The Hall–Kier alpha value is -3.72. The largest absolute Gasteiger partial charge is 0.355 e. The lowest BCUT2D eigenvalue weighted by Gasteiger charge is -2.18. The number of rotatable bonds is 4. The fourth-order valence-corrected chi connectivity index (χ4v) is 2.84. The molecule has 0 atom stereocenters. The fraction of sp³-hybridized carbons (Fsp3) is 0.100. The summed E-state index contributed by atoms with van der Waals surface area (Å²) in [6.45, 7) is 0.753. The third-order valence-electron chi connectivity index (χ3n) is 4.16. The molecule has 6 heteroatoms. The Labute approximate surface area is 151 Å². The van der Waals surface area contributed by atoms with Crippen molar-refractivity contribution in [2.75, 3.05) is 11.9 Å². The molecular formula is C20H16N6. The Kier molecular flexibility index (Phi) is 4.04. The van der Waals surface area contributed by atoms with Crippen molar-refractivity contribution in [3.8, 4) is 17.6 Å². The molecule has 0 aliphatic rings. The summed E-state index contributed by atoms with van der Waals surface area (Å²) in [5.74, 6) is 1.40. The monoisotopic (exact) mass is 340 g/mol. The number of nitrogens with zero attached hydrogens (tertiary/aromatic N) is 6. The maximum Gasteiger partial charge on any atom is 0.180 e. The second kappa shape index (κ2) is 6.65. The van der Waals surface area contributed by atoms with Crippen LogP contribution in [-0.4, -0.2) is 26.4 Å². The van der Waals surface area contributed by atoms with Crippen molar-refractivity contribution >= 4 is 11.5 Å². The fourth-order valence-electron chi connectivity index (χ4n) is 2.84. The van der Waals surface area contributed by atoms with Crippen LogP contribution < -0.4 is 4.90 Å². The number of anilines is 1. The second-order valence-electron chi connectivity index (χ2n) is 5.98. The molecule has 0 N–H and O–H groups in total. The van der Waals surface area contributed by atoms with Crippen molar-refractivity contribution < 1.29 is 0 Å². The minimum atomic E-state index is 0.564. The van der Waals surface area contributed by atoms with Crippen molar-refractivity contribution in [3.63, 3.8) is 0 Å². The summed E-state index contributed by atoms with van der Waals surface area (Å²) in [5.41, 5.74) is 3.29. The smallest absolute Gasteiger partial charge is 0.180 e. The number of fused-ring (bicyclic) bond motifs is 1. The molecule has 126 valence electrons. The summed E-state index contributed by atoms with van der Waals surface area (Å²) in [6, 6.07) is 17.8. The minimum Gasteiger partial charge on any atom is -0.355 e. The molecule has 0 saturated heterocycles. The Bertz CT molecular complexity index is 1090. The van der Waals surface area contributed by atoms with E-state index in [9.17, 15) is 0 Å². The van der Waals surface area contributed by atoms with E-state index in [1.807, 2.05) is 41.8 Å². The van der Waals surface area contributed by atoms with Crippen LogP contribution in [0.15, 0.2) is 67.1 Å². The van der Waals surface area contributed by atoms with E-state index in [4.69, 9.17) is 5.26 Å². The molecule has 6 nitrogen and oxygen atoms in total. The lowest BCUT2D eigenvalue weighted by atomic mass is 10.2. The van der Waals surface area contributed by atoms with Gasteiger partial charge in [-0.2, -0.15) is 5.26 Å². The maximum atomic E-state index is 9.13. The van der Waals surface area contributed by atoms with Gasteiger partial charge < -0.3 is 4.90 Å². The zero-order valence-corrected chi connectivity index (χ0v) is 14.2. The Morgan fingerprint density at radius 3 is 2.73 bits per heavy atom. The highest BCUT2D eigenvalue weighted by Crippen LogP contribution is 2.20. The number of hydrogen-bond acceptors (Lipinski definition) is 5. The van der Waals surface area contributed by atoms with Gasteiger partial charge in [0, 0.05) is 26.0 Å². The van der Waals surface area contributed by atoms with Crippen molar-refractivity contribution in [3.05, 3.63) is 78.2 Å². The van der Waals surface area contributed by atoms with Crippen molar-refractivity contribution in [1.29, 1.82) is 5.26 Å². The third kappa shape index (κ3) is 2.98. The van der Waals surface area contributed by atoms with E-state index in [1.165, 1.54) is 5.56 Å². The number of imidazole rings is 1. The first-order valence-electron chi connectivity index (χ1n) is 8.20. The molecule has 0 saturated carbocycles. The molecule has 0 amide bonds. The number of nitriles is 1. The van der Waals surface area contributed by atoms with Gasteiger partial charge in [-0.25, -0.2) is 15.0 Å². The van der Waals surface area contributed by atoms with E-state index in [-0.39, 0.29) is 0 Å². The Balaban J connectivity index is 1.69. The normalized spacial score (nSPS) is 10.6. The van der Waals surface area contributed by atoms with Crippen LogP contribution in [0.3, 0.4) is 0 Å². The number of hydrogen-bond donors (Lipinski definition) is 0. The molecule has 0 bridgehead atoms. The van der Waals surface area contributed by atoms with E-state index in [0.29, 0.717) is 11.4 Å². The summed E-state index contributed by atoms with van der Waals surface area (Å²) in [7, 11) is 2.00. The topological polar surface area (TPSA) is 70.1 Å². The van der Waals surface area contributed by atoms with Gasteiger partial charge in [-0.15, -0.1) is 0 Å². The number of benzene rings is 1. The molecule has 0 aliphatic heterocycles. The van der Waals surface area contributed by atoms with Crippen molar-refractivity contribution in [2.45, 2.75) is 6.54 Å². The minimum absolute atomic E-state index is 0.564. The van der Waals surface area contributed by atoms with Crippen LogP contribution in [0.1, 0.15) is 11.1 Å². The second-order valence-corrected chi connectivity index (χ2v) is 5.98. The van der Waals surface area contributed by atoms with Gasteiger partial charge in [0.05, 0.1) is 11.8 Å². The average Bonchev–Trinajstić information content (AvgIpc) is 3.12. The zero-order valence-electron chi connectivity index (χ0n) is 14.2. The van der Waals surface area contributed by atoms with Gasteiger partial charge in [-0.1, -0.05) is 30.3 Å². The lowest BCUT2D eigenvalue weighted by molar-refractivity contribution is 0.891. The van der Waals surface area contributed by atoms with Gasteiger partial charge in [0.25, 0.3) is 0 Å². The molecule has 1 aromatic carbocycles. The van der Waals surface area contributed by atoms with Crippen LogP contribution >= 0.6 is 0 Å². The molecule has 0 unspecified atom stereocenters. The van der Waals surface area contributed by atoms with Gasteiger partial charge in [0.2, 0.25) is 0 Å². The summed E-state index contributed by atoms with van der Waals surface area (Å²) in [6.07, 6.45) is 5.22. The highest BCUT2D eigenvalue weighted by Gasteiger charge is 2.12. The predicted octanol–water partition coefficient (Wildman–Crippen LogP) is 3.30. The Morgan fingerprint density at radius 1 is 1.08 bits per heavy atom. The first-order valence-corrected chi connectivity index (χ1v) is 8.20. The summed E-state index contributed by atoms with van der Waals surface area (Å²) in [5, 5.41) is 9.13. The van der Waals surface area contributed by atoms with Gasteiger partial charge in [-0.05, 0) is 23.8 Å². The van der Waals surface area contributed by atoms with E-state index in [2.05, 4.69) is 38.1 Å². The molecule has 4 rings (SSSR count). The van der Waals surface area contributed by atoms with E-state index in [1.54, 1.807) is 24.7 Å². The molecular weight excluding hydrogens is 324 g/mol. The summed E-state index contributed by atoms with van der Waals surface area (Å²) >= 11 is 0. The standard InChI is InChI=1S/C20H16N6/c1-25(13-15-5-3-2-4-6-15)19-9-10-22-20(24-19)17-12-23-18-8-7-16(11-21)14-26(17)18/h2-10,12,14H,13H2,1H3. The molecule has 0 spiro atoms. The van der Waals surface area contributed by atoms with Crippen LogP contribution in [-0.2, 0) is 6.54 Å². The average molecular weight is 340 g/mol. The van der Waals surface area contributed by atoms with Gasteiger partial charge in [0.1, 0.15) is 23.2 Å². The van der Waals surface area contributed by atoms with Crippen molar-refractivity contribution in [2.24, 2.45) is 0 Å². The van der Waals surface area contributed by atoms with Crippen LogP contribution in [0.2, 0.25) is 0 Å². The molecule has 3 heterocycles. The molecule has 4 aromatic rings. The van der Waals surface area contributed by atoms with Crippen LogP contribution in [0, 0.1) is 11.3 Å². The maximum absolute atomic E-state index is 9.13. The quantitative estimate of drug-likeness (QED) is 0.570. The Morgan fingerprint density at radius 2 is 1.92 bits per heavy atom. The summed E-state index contributed by atoms with van der Waals surface area (Å²) < 4.78 is 1.84. The van der Waals surface area contributed by atoms with Gasteiger partial charge in [0.15, 0.2) is 5.82 Å². The van der Waals surface area contributed by atoms with E-state index >= 15 is 0 Å². The van der Waals surface area contributed by atoms with Crippen LogP contribution in [0.4, 0.5) is 5.82 Å². The predicted molar refractivity (Wildman–Crippen MR) is 99.5 cm³/mol. The lowest BCUT2D eigenvalue weighted by Crippen LogP contribution is -2.18. The third-order valence-corrected chi connectivity index (χ3v) is 4.16. The number of pyridine rings is 1. The highest BCUT2D eigenvalue weighted by molar-refractivity contribution is 5.59. The first kappa shape index (κ1) is 15.8. The molecule has 0 aliphatic carbocycles. The molecule has 26 heavy (non-hydrogen) atoms. The SMILES string of the molecule is CN(Cc1ccccc1)c1ccnc(-c2cnc3ccc(C#N)cn23)n1. The first-order chi connectivity index (χ1) is 12.7. The van der Waals surface area contributed by atoms with Gasteiger partial charge >= 0.3 is 0 Å². The van der Waals surface area contributed by atoms with Gasteiger partial charge in [-0.3, -0.25) is 4.40 Å². The molecule has 0 fully saturated rings. The van der Waals surface area contributed by atoms with Crippen molar-refractivity contribution in [1.82, 2.24) is 19.4 Å². The van der Waals surface area contributed by atoms with Crippen LogP contribution in [0.25, 0.3) is 17.2 Å². The summed E-state index contributed by atoms with van der Waals surface area (Å²) in [4.78, 5) is 15.5. The van der Waals surface area contributed by atoms with E-state index < -0.39 is 0 Å². The van der Waals surface area contributed by atoms with Crippen LogP contribution in [0.5, 0.6) is 0 Å². The zero-order chi connectivity index (χ0) is 17.9. The number of aromatic nitrogens is 4. The molecule has 0 radical (unpaired) electrons. The molecule has 3 aromatic heterocycles.